The molecule has 0 saturated heterocycles. The molecule has 15 heavy (non-hydrogen) atoms. The molecule has 1 amide bonds. The van der Waals surface area contributed by atoms with Gasteiger partial charge in [-0.1, -0.05) is 6.92 Å². The average Bonchev–Trinajstić information content (AvgIpc) is 2.05. The lowest BCUT2D eigenvalue weighted by molar-refractivity contribution is -0.153. The van der Waals surface area contributed by atoms with Crippen molar-refractivity contribution in [2.75, 3.05) is 0 Å². The third kappa shape index (κ3) is 1.73. The number of hydrogen-bond donors (Lipinski definition) is 2. The summed E-state index contributed by atoms with van der Waals surface area (Å²) in [6.45, 7) is 2.11. The van der Waals surface area contributed by atoms with Crippen LogP contribution in [0.5, 0.6) is 0 Å². The predicted octanol–water partition coefficient (Wildman–Crippen LogP) is 1.16. The summed E-state index contributed by atoms with van der Waals surface area (Å²) in [5.41, 5.74) is -0.935. The second-order valence-electron chi connectivity index (χ2n) is 5.00. The Morgan fingerprint density at radius 1 is 1.33 bits per heavy atom. The lowest BCUT2D eigenvalue weighted by Gasteiger charge is -2.41. The van der Waals surface area contributed by atoms with Gasteiger partial charge in [0, 0.05) is 5.92 Å². The highest BCUT2D eigenvalue weighted by molar-refractivity contribution is 5.89. The van der Waals surface area contributed by atoms with E-state index < -0.39 is 11.5 Å². The molecule has 2 saturated carbocycles. The van der Waals surface area contributed by atoms with E-state index in [0.717, 1.165) is 19.3 Å². The summed E-state index contributed by atoms with van der Waals surface area (Å²) in [5.74, 6) is -0.274. The first-order valence-electron chi connectivity index (χ1n) is 5.59. The van der Waals surface area contributed by atoms with Crippen LogP contribution in [0.4, 0.5) is 0 Å². The van der Waals surface area contributed by atoms with Crippen molar-refractivity contribution < 1.29 is 14.7 Å². The molecule has 2 aliphatic carbocycles. The number of nitrogens with one attached hydrogen (secondary N) is 1. The second kappa shape index (κ2) is 3.51. The zero-order valence-electron chi connectivity index (χ0n) is 8.95. The van der Waals surface area contributed by atoms with Gasteiger partial charge in [-0.15, -0.1) is 0 Å². The van der Waals surface area contributed by atoms with Crippen LogP contribution in [0.15, 0.2) is 0 Å². The molecule has 0 radical (unpaired) electrons. The average molecular weight is 211 g/mol. The van der Waals surface area contributed by atoms with Gasteiger partial charge in [-0.25, -0.2) is 4.79 Å². The summed E-state index contributed by atoms with van der Waals surface area (Å²) in [6, 6.07) is 0. The largest absolute Gasteiger partial charge is 0.480 e. The first kappa shape index (κ1) is 10.5. The maximum atomic E-state index is 11.7. The third-order valence-electron chi connectivity index (χ3n) is 3.72. The van der Waals surface area contributed by atoms with Gasteiger partial charge < -0.3 is 10.4 Å². The van der Waals surface area contributed by atoms with Crippen LogP contribution in [0.1, 0.15) is 39.0 Å². The normalized spacial score (nSPS) is 32.3. The van der Waals surface area contributed by atoms with Crippen LogP contribution < -0.4 is 5.32 Å². The van der Waals surface area contributed by atoms with Crippen LogP contribution >= 0.6 is 0 Å². The van der Waals surface area contributed by atoms with E-state index in [1.165, 1.54) is 0 Å². The van der Waals surface area contributed by atoms with Crippen LogP contribution in [-0.4, -0.2) is 22.5 Å². The number of rotatable bonds is 3. The fourth-order valence-electron chi connectivity index (χ4n) is 2.38. The molecule has 0 aromatic carbocycles. The summed E-state index contributed by atoms with van der Waals surface area (Å²) in [5, 5.41) is 11.8. The van der Waals surface area contributed by atoms with Gasteiger partial charge in [0.1, 0.15) is 5.54 Å². The molecule has 4 heteroatoms. The van der Waals surface area contributed by atoms with Crippen LogP contribution in [0.25, 0.3) is 0 Å². The van der Waals surface area contributed by atoms with Crippen LogP contribution in [0.2, 0.25) is 0 Å². The van der Waals surface area contributed by atoms with Crippen molar-refractivity contribution >= 4 is 11.9 Å². The summed E-state index contributed by atoms with van der Waals surface area (Å²) in [4.78, 5) is 22.7. The first-order valence-corrected chi connectivity index (χ1v) is 5.59. The Hall–Kier alpha value is -1.06. The van der Waals surface area contributed by atoms with Crippen molar-refractivity contribution in [2.45, 2.75) is 44.6 Å². The molecule has 2 rings (SSSR count). The number of carboxylic acid groups (broad SMARTS) is 1. The molecule has 0 bridgehead atoms. The highest BCUT2D eigenvalue weighted by atomic mass is 16.4. The van der Waals surface area contributed by atoms with Gasteiger partial charge >= 0.3 is 5.97 Å². The maximum absolute atomic E-state index is 11.7. The minimum atomic E-state index is -0.935. The molecule has 0 heterocycles. The summed E-state index contributed by atoms with van der Waals surface area (Å²) in [7, 11) is 0. The van der Waals surface area contributed by atoms with Gasteiger partial charge in [0.25, 0.3) is 0 Å². The van der Waals surface area contributed by atoms with E-state index in [1.807, 2.05) is 0 Å². The first-order chi connectivity index (χ1) is 7.03. The number of carbonyl (C=O) groups excluding carboxylic acids is 1. The molecule has 0 spiro atoms. The SMILES string of the molecule is CC1CC(C(=O)NC2(C(=O)O)CCC2)C1. The lowest BCUT2D eigenvalue weighted by atomic mass is 9.73. The van der Waals surface area contributed by atoms with Crippen LogP contribution in [-0.2, 0) is 9.59 Å². The van der Waals surface area contributed by atoms with Gasteiger partial charge in [0.15, 0.2) is 0 Å². The third-order valence-corrected chi connectivity index (χ3v) is 3.72. The molecule has 2 N–H and O–H groups in total. The number of aliphatic carboxylic acids is 1. The molecule has 0 unspecified atom stereocenters. The van der Waals surface area contributed by atoms with Gasteiger partial charge in [-0.2, -0.15) is 0 Å². The van der Waals surface area contributed by atoms with Crippen molar-refractivity contribution in [3.8, 4) is 0 Å². The highest BCUT2D eigenvalue weighted by Crippen LogP contribution is 2.36. The van der Waals surface area contributed by atoms with Gasteiger partial charge in [-0.05, 0) is 38.0 Å². The number of amides is 1. The zero-order chi connectivity index (χ0) is 11.1. The van der Waals surface area contributed by atoms with E-state index in [1.54, 1.807) is 0 Å². The summed E-state index contributed by atoms with van der Waals surface area (Å²) < 4.78 is 0. The van der Waals surface area contributed by atoms with Crippen molar-refractivity contribution in [1.29, 1.82) is 0 Å². The molecule has 84 valence electrons. The Balaban J connectivity index is 1.90. The smallest absolute Gasteiger partial charge is 0.329 e. The molecule has 0 atom stereocenters. The van der Waals surface area contributed by atoms with E-state index in [-0.39, 0.29) is 11.8 Å². The fourth-order valence-corrected chi connectivity index (χ4v) is 2.38. The van der Waals surface area contributed by atoms with E-state index in [0.29, 0.717) is 18.8 Å². The Morgan fingerprint density at radius 3 is 2.27 bits per heavy atom. The maximum Gasteiger partial charge on any atom is 0.329 e. The zero-order valence-corrected chi connectivity index (χ0v) is 8.95. The molecular formula is C11H17NO3. The minimum absolute atomic E-state index is 0.0526. The standard InChI is InChI=1S/C11H17NO3/c1-7-5-8(6-7)9(13)12-11(10(14)15)3-2-4-11/h7-8H,2-6H2,1H3,(H,12,13)(H,14,15). The van der Waals surface area contributed by atoms with Gasteiger partial charge in [0.05, 0.1) is 0 Å². The lowest BCUT2D eigenvalue weighted by Crippen LogP contribution is -2.60. The van der Waals surface area contributed by atoms with Crippen molar-refractivity contribution in [3.05, 3.63) is 0 Å². The van der Waals surface area contributed by atoms with E-state index in [9.17, 15) is 9.59 Å². The molecular weight excluding hydrogens is 194 g/mol. The molecule has 2 aliphatic rings. The Morgan fingerprint density at radius 2 is 1.93 bits per heavy atom. The van der Waals surface area contributed by atoms with Crippen molar-refractivity contribution in [2.24, 2.45) is 11.8 Å². The highest BCUT2D eigenvalue weighted by Gasteiger charge is 2.47. The Kier molecular flexibility index (Phi) is 2.44. The van der Waals surface area contributed by atoms with Gasteiger partial charge in [-0.3, -0.25) is 4.79 Å². The number of carboxylic acids is 1. The molecule has 4 nitrogen and oxygen atoms in total. The molecule has 2 fully saturated rings. The predicted molar refractivity (Wildman–Crippen MR) is 54.2 cm³/mol. The molecule has 0 aromatic heterocycles. The quantitative estimate of drug-likeness (QED) is 0.736. The topological polar surface area (TPSA) is 66.4 Å². The van der Waals surface area contributed by atoms with Crippen LogP contribution in [0, 0.1) is 11.8 Å². The fraction of sp³-hybridized carbons (Fsp3) is 0.818. The summed E-state index contributed by atoms with van der Waals surface area (Å²) in [6.07, 6.45) is 3.86. The van der Waals surface area contributed by atoms with Crippen molar-refractivity contribution in [3.63, 3.8) is 0 Å². The number of carbonyl (C=O) groups is 2. The number of hydrogen-bond acceptors (Lipinski definition) is 2. The molecule has 0 aliphatic heterocycles. The van der Waals surface area contributed by atoms with Gasteiger partial charge in [0.2, 0.25) is 5.91 Å². The van der Waals surface area contributed by atoms with Crippen LogP contribution in [0.3, 0.4) is 0 Å². The summed E-state index contributed by atoms with van der Waals surface area (Å²) >= 11 is 0. The Labute approximate surface area is 89.0 Å². The van der Waals surface area contributed by atoms with E-state index >= 15 is 0 Å². The van der Waals surface area contributed by atoms with Crippen molar-refractivity contribution in [1.82, 2.24) is 5.32 Å². The second-order valence-corrected chi connectivity index (χ2v) is 5.00. The van der Waals surface area contributed by atoms with E-state index in [4.69, 9.17) is 5.11 Å². The van der Waals surface area contributed by atoms with E-state index in [2.05, 4.69) is 12.2 Å². The minimum Gasteiger partial charge on any atom is -0.480 e. The Bertz CT molecular complexity index is 290. The monoisotopic (exact) mass is 211 g/mol. The molecule has 0 aromatic rings.